The Balaban J connectivity index is 1.91. The average Bonchev–Trinajstić information content (AvgIpc) is 2.84. The van der Waals surface area contributed by atoms with E-state index in [9.17, 15) is 9.67 Å². The van der Waals surface area contributed by atoms with E-state index in [1.165, 1.54) is 7.11 Å². The summed E-state index contributed by atoms with van der Waals surface area (Å²) in [5.74, 6) is -0.917. The molecule has 4 rings (SSSR count). The van der Waals surface area contributed by atoms with Gasteiger partial charge in [0.15, 0.2) is 7.14 Å². The molecule has 1 N–H and O–H groups in total. The Morgan fingerprint density at radius 3 is 2.31 bits per heavy atom. The van der Waals surface area contributed by atoms with Gasteiger partial charge >= 0.3 is 0 Å². The number of hydrogen-bond acceptors (Lipinski definition) is 4. The van der Waals surface area contributed by atoms with Crippen molar-refractivity contribution >= 4 is 28.9 Å². The molecule has 0 spiro atoms. The molecule has 4 nitrogen and oxygen atoms in total. The van der Waals surface area contributed by atoms with Crippen LogP contribution in [0.3, 0.4) is 0 Å². The number of nitrogens with zero attached hydrogens (tertiary/aromatic N) is 1. The number of aliphatic hydroxyl groups is 1. The maximum atomic E-state index is 14.9. The molecule has 0 aliphatic heterocycles. The lowest BCUT2D eigenvalue weighted by molar-refractivity contribution is 0.0360. The zero-order valence-electron chi connectivity index (χ0n) is 18.8. The van der Waals surface area contributed by atoms with E-state index in [0.717, 1.165) is 40.2 Å². The first kappa shape index (κ1) is 22.5. The maximum absolute atomic E-state index is 14.9. The summed E-state index contributed by atoms with van der Waals surface area (Å²) >= 11 is 0. The van der Waals surface area contributed by atoms with E-state index in [-0.39, 0.29) is 0 Å². The zero-order chi connectivity index (χ0) is 22.7. The largest absolute Gasteiger partial charge is 0.385 e. The van der Waals surface area contributed by atoms with Gasteiger partial charge in [0.05, 0.1) is 0 Å². The third-order valence-electron chi connectivity index (χ3n) is 6.08. The molecule has 3 atom stereocenters. The van der Waals surface area contributed by atoms with Crippen molar-refractivity contribution in [3.63, 3.8) is 0 Å². The Bertz CT molecular complexity index is 1190. The van der Waals surface area contributed by atoms with E-state index in [4.69, 9.17) is 4.74 Å². The summed E-state index contributed by atoms with van der Waals surface area (Å²) < 4.78 is 20.7. The standard InChI is InChI=1S/C27H30NO3P/c1-28(2)24-19-11-13-20-12-10-18-23(25(20)24)26(29)27(31-3)32(30,21-14-6-4-7-15-21)22-16-8-5-9-17-22/h4,6-8,10-19,26-27,29H,5,9H2,1-3H3/t26-,27+,32?/m0/s1. The second kappa shape index (κ2) is 9.46. The van der Waals surface area contributed by atoms with Crippen LogP contribution in [0.15, 0.2) is 90.3 Å². The summed E-state index contributed by atoms with van der Waals surface area (Å²) in [5.41, 5.74) is 1.72. The molecular formula is C27H30NO3P. The Morgan fingerprint density at radius 2 is 1.69 bits per heavy atom. The Hall–Kier alpha value is -2.65. The van der Waals surface area contributed by atoms with Crippen molar-refractivity contribution in [1.29, 1.82) is 0 Å². The predicted octanol–water partition coefficient (Wildman–Crippen LogP) is 5.83. The first-order valence-electron chi connectivity index (χ1n) is 10.9. The van der Waals surface area contributed by atoms with Gasteiger partial charge in [-0.05, 0) is 29.9 Å². The number of hydrogen-bond donors (Lipinski definition) is 1. The van der Waals surface area contributed by atoms with E-state index >= 15 is 0 Å². The van der Waals surface area contributed by atoms with Gasteiger partial charge < -0.3 is 19.3 Å². The van der Waals surface area contributed by atoms with Gasteiger partial charge in [0.2, 0.25) is 0 Å². The highest BCUT2D eigenvalue weighted by molar-refractivity contribution is 7.76. The lowest BCUT2D eigenvalue weighted by Crippen LogP contribution is -2.27. The minimum atomic E-state index is -3.31. The topological polar surface area (TPSA) is 49.8 Å². The fourth-order valence-corrected chi connectivity index (χ4v) is 7.62. The van der Waals surface area contributed by atoms with Crippen molar-refractivity contribution in [1.82, 2.24) is 0 Å². The molecule has 0 saturated heterocycles. The van der Waals surface area contributed by atoms with Gasteiger partial charge in [0.1, 0.15) is 11.9 Å². The predicted molar refractivity (Wildman–Crippen MR) is 134 cm³/mol. The molecule has 0 heterocycles. The molecule has 5 heteroatoms. The highest BCUT2D eigenvalue weighted by Gasteiger charge is 2.43. The first-order valence-corrected chi connectivity index (χ1v) is 12.7. The van der Waals surface area contributed by atoms with Gasteiger partial charge in [-0.2, -0.15) is 0 Å². The van der Waals surface area contributed by atoms with Gasteiger partial charge in [0, 0.05) is 42.9 Å². The zero-order valence-corrected chi connectivity index (χ0v) is 19.7. The van der Waals surface area contributed by atoms with Gasteiger partial charge in [0.25, 0.3) is 0 Å². The lowest BCUT2D eigenvalue weighted by Gasteiger charge is -2.33. The number of allylic oxidation sites excluding steroid dienone is 4. The average molecular weight is 448 g/mol. The number of rotatable bonds is 7. The summed E-state index contributed by atoms with van der Waals surface area (Å²) in [6.45, 7) is 0. The molecule has 32 heavy (non-hydrogen) atoms. The SMILES string of the molecule is CO[C@@H]([C@@H](O)c1cccc2cccc(N(C)C)c12)P(=O)(C1=CCCC=C1)c1ccccc1. The molecule has 1 aliphatic carbocycles. The highest BCUT2D eigenvalue weighted by Crippen LogP contribution is 2.62. The molecule has 166 valence electrons. The van der Waals surface area contributed by atoms with Gasteiger partial charge in [-0.3, -0.25) is 0 Å². The van der Waals surface area contributed by atoms with Crippen LogP contribution in [0, 0.1) is 0 Å². The van der Waals surface area contributed by atoms with E-state index in [1.54, 1.807) is 0 Å². The van der Waals surface area contributed by atoms with Crippen molar-refractivity contribution in [3.05, 3.63) is 95.8 Å². The lowest BCUT2D eigenvalue weighted by atomic mass is 9.98. The molecule has 0 bridgehead atoms. The maximum Gasteiger partial charge on any atom is 0.173 e. The van der Waals surface area contributed by atoms with E-state index in [2.05, 4.69) is 0 Å². The van der Waals surface area contributed by atoms with Crippen LogP contribution in [0.25, 0.3) is 10.8 Å². The normalized spacial score (nSPS) is 17.4. The molecule has 0 radical (unpaired) electrons. The third kappa shape index (κ3) is 3.95. The minimum absolute atomic E-state index is 0.691. The molecular weight excluding hydrogens is 417 g/mol. The summed E-state index contributed by atoms with van der Waals surface area (Å²) in [7, 11) is 2.20. The molecule has 0 aromatic heterocycles. The fourth-order valence-electron chi connectivity index (χ4n) is 4.54. The van der Waals surface area contributed by atoms with E-state index < -0.39 is 19.1 Å². The van der Waals surface area contributed by atoms with Crippen LogP contribution in [0.5, 0.6) is 0 Å². The monoisotopic (exact) mass is 447 g/mol. The Kier molecular flexibility index (Phi) is 6.66. The minimum Gasteiger partial charge on any atom is -0.385 e. The number of fused-ring (bicyclic) bond motifs is 1. The van der Waals surface area contributed by atoms with Crippen LogP contribution in [0.1, 0.15) is 24.5 Å². The summed E-state index contributed by atoms with van der Waals surface area (Å²) in [6.07, 6.45) is 6.69. The van der Waals surface area contributed by atoms with Crippen molar-refractivity contribution in [2.45, 2.75) is 24.8 Å². The third-order valence-corrected chi connectivity index (χ3v) is 9.46. The Morgan fingerprint density at radius 1 is 0.969 bits per heavy atom. The molecule has 0 fully saturated rings. The molecule has 3 aromatic carbocycles. The highest BCUT2D eigenvalue weighted by atomic mass is 31.2. The number of ether oxygens (including phenoxy) is 1. The molecule has 0 amide bonds. The number of anilines is 1. The fraction of sp³-hybridized carbons (Fsp3) is 0.259. The smallest absolute Gasteiger partial charge is 0.173 e. The van der Waals surface area contributed by atoms with Crippen LogP contribution in [-0.4, -0.2) is 32.2 Å². The first-order chi connectivity index (χ1) is 15.5. The van der Waals surface area contributed by atoms with Gasteiger partial charge in [-0.25, -0.2) is 0 Å². The van der Waals surface area contributed by atoms with Crippen LogP contribution in [0.4, 0.5) is 5.69 Å². The van der Waals surface area contributed by atoms with Crippen LogP contribution >= 0.6 is 7.14 Å². The second-order valence-electron chi connectivity index (χ2n) is 8.29. The summed E-state index contributed by atoms with van der Waals surface area (Å²) in [5, 5.41) is 15.1. The van der Waals surface area contributed by atoms with Crippen LogP contribution in [-0.2, 0) is 9.30 Å². The van der Waals surface area contributed by atoms with Crippen molar-refractivity contribution in [2.24, 2.45) is 0 Å². The van der Waals surface area contributed by atoms with Crippen molar-refractivity contribution < 1.29 is 14.4 Å². The van der Waals surface area contributed by atoms with Gasteiger partial charge in [-0.15, -0.1) is 0 Å². The van der Waals surface area contributed by atoms with Gasteiger partial charge in [-0.1, -0.05) is 78.9 Å². The van der Waals surface area contributed by atoms with Crippen molar-refractivity contribution in [3.8, 4) is 0 Å². The molecule has 3 aromatic rings. The number of aliphatic hydroxyl groups excluding tert-OH is 1. The molecule has 1 unspecified atom stereocenters. The quantitative estimate of drug-likeness (QED) is 0.463. The van der Waals surface area contributed by atoms with Crippen molar-refractivity contribution in [2.75, 3.05) is 26.1 Å². The number of benzene rings is 3. The van der Waals surface area contributed by atoms with E-state index in [0.29, 0.717) is 5.30 Å². The second-order valence-corrected chi connectivity index (χ2v) is 11.1. The summed E-state index contributed by atoms with van der Waals surface area (Å²) in [4.78, 5) is 2.03. The molecule has 0 saturated carbocycles. The molecule has 1 aliphatic rings. The van der Waals surface area contributed by atoms with Crippen LogP contribution < -0.4 is 10.2 Å². The number of methoxy groups -OCH3 is 1. The van der Waals surface area contributed by atoms with E-state index in [1.807, 2.05) is 104 Å². The summed E-state index contributed by atoms with van der Waals surface area (Å²) in [6, 6.07) is 21.4. The van der Waals surface area contributed by atoms with Crippen LogP contribution in [0.2, 0.25) is 0 Å². The Labute approximate surface area is 190 Å².